The van der Waals surface area contributed by atoms with Crippen molar-refractivity contribution in [1.29, 1.82) is 0 Å². The highest BCUT2D eigenvalue weighted by Crippen LogP contribution is 2.46. The van der Waals surface area contributed by atoms with Crippen molar-refractivity contribution < 1.29 is 0 Å². The molecule has 2 atom stereocenters. The van der Waals surface area contributed by atoms with Crippen LogP contribution < -0.4 is 10.6 Å². The van der Waals surface area contributed by atoms with E-state index in [0.717, 1.165) is 25.6 Å². The zero-order valence-electron chi connectivity index (χ0n) is 12.8. The molecule has 3 nitrogen and oxygen atoms in total. The van der Waals surface area contributed by atoms with Crippen molar-refractivity contribution in [3.8, 4) is 0 Å². The minimum absolute atomic E-state index is 0.501. The summed E-state index contributed by atoms with van der Waals surface area (Å²) in [6.45, 7) is 3.18. The predicted molar refractivity (Wildman–Crippen MR) is 91.1 cm³/mol. The second-order valence-electron chi connectivity index (χ2n) is 6.77. The summed E-state index contributed by atoms with van der Waals surface area (Å²) < 4.78 is 0. The average molecular weight is 313 g/mol. The molecule has 0 aliphatic heterocycles. The van der Waals surface area contributed by atoms with Crippen molar-refractivity contribution in [3.05, 3.63) is 52.5 Å². The molecular formula is C18H23N3S. The first-order valence-corrected chi connectivity index (χ1v) is 9.10. The van der Waals surface area contributed by atoms with E-state index in [9.17, 15) is 0 Å². The molecule has 0 saturated heterocycles. The summed E-state index contributed by atoms with van der Waals surface area (Å²) in [5, 5.41) is 10.6. The lowest BCUT2D eigenvalue weighted by molar-refractivity contribution is 0.420. The van der Waals surface area contributed by atoms with Crippen LogP contribution >= 0.6 is 11.3 Å². The van der Waals surface area contributed by atoms with Gasteiger partial charge in [0.2, 0.25) is 0 Å². The fourth-order valence-electron chi connectivity index (χ4n) is 3.20. The molecule has 2 fully saturated rings. The molecule has 22 heavy (non-hydrogen) atoms. The van der Waals surface area contributed by atoms with Gasteiger partial charge in [-0.15, -0.1) is 11.3 Å². The Bertz CT molecular complexity index is 592. The second-order valence-corrected chi connectivity index (χ2v) is 7.75. The second kappa shape index (κ2) is 6.11. The highest BCUT2D eigenvalue weighted by atomic mass is 32.1. The van der Waals surface area contributed by atoms with Crippen LogP contribution in [-0.2, 0) is 6.54 Å². The molecule has 1 unspecified atom stereocenters. The van der Waals surface area contributed by atoms with E-state index in [1.165, 1.54) is 29.8 Å². The molecule has 2 aromatic rings. The Labute approximate surface area is 136 Å². The van der Waals surface area contributed by atoms with Gasteiger partial charge in [-0.05, 0) is 30.2 Å². The van der Waals surface area contributed by atoms with Gasteiger partial charge in [0.05, 0.1) is 0 Å². The number of rotatable bonds is 8. The third-order valence-electron chi connectivity index (χ3n) is 4.97. The van der Waals surface area contributed by atoms with Crippen LogP contribution in [0, 0.1) is 5.41 Å². The summed E-state index contributed by atoms with van der Waals surface area (Å²) >= 11 is 1.73. The summed E-state index contributed by atoms with van der Waals surface area (Å²) in [5.74, 6) is 0.736. The number of nitrogens with one attached hydrogen (secondary N) is 2. The van der Waals surface area contributed by atoms with Crippen molar-refractivity contribution in [1.82, 2.24) is 15.6 Å². The number of hydrogen-bond donors (Lipinski definition) is 2. The molecule has 116 valence electrons. The van der Waals surface area contributed by atoms with Gasteiger partial charge in [-0.25, -0.2) is 4.98 Å². The van der Waals surface area contributed by atoms with E-state index in [4.69, 9.17) is 0 Å². The first kappa shape index (κ1) is 14.4. The molecule has 1 heterocycles. The van der Waals surface area contributed by atoms with Gasteiger partial charge in [0.1, 0.15) is 5.01 Å². The van der Waals surface area contributed by atoms with Crippen LogP contribution in [0.25, 0.3) is 0 Å². The molecule has 0 spiro atoms. The largest absolute Gasteiger partial charge is 0.313 e. The minimum atomic E-state index is 0.501. The first-order valence-electron chi connectivity index (χ1n) is 8.22. The van der Waals surface area contributed by atoms with Gasteiger partial charge in [0, 0.05) is 43.2 Å². The van der Waals surface area contributed by atoms with Gasteiger partial charge in [-0.2, -0.15) is 0 Å². The number of nitrogens with zero attached hydrogens (tertiary/aromatic N) is 1. The Morgan fingerprint density at radius 2 is 2.05 bits per heavy atom. The van der Waals surface area contributed by atoms with Crippen LogP contribution in [0.1, 0.15) is 35.8 Å². The fourth-order valence-corrected chi connectivity index (χ4v) is 3.79. The molecular weight excluding hydrogens is 290 g/mol. The standard InChI is InChI=1S/C18H23N3S/c1-2-4-14(5-3-1)15-10-16(15)21-13-18(6-7-18)12-19-11-17-20-8-9-22-17/h1-5,8-9,15-16,19,21H,6-7,10-13H2/t15-,16?/m1/s1. The average Bonchev–Trinajstić information content (AvgIpc) is 3.45. The lowest BCUT2D eigenvalue weighted by Gasteiger charge is -2.16. The van der Waals surface area contributed by atoms with Crippen molar-refractivity contribution in [2.75, 3.05) is 13.1 Å². The van der Waals surface area contributed by atoms with Crippen LogP contribution in [0.4, 0.5) is 0 Å². The van der Waals surface area contributed by atoms with Crippen LogP contribution in [0.15, 0.2) is 41.9 Å². The van der Waals surface area contributed by atoms with Crippen LogP contribution in [0.3, 0.4) is 0 Å². The van der Waals surface area contributed by atoms with E-state index in [0.29, 0.717) is 11.5 Å². The van der Waals surface area contributed by atoms with E-state index in [1.54, 1.807) is 11.3 Å². The van der Waals surface area contributed by atoms with E-state index < -0.39 is 0 Å². The summed E-state index contributed by atoms with van der Waals surface area (Å²) in [7, 11) is 0. The van der Waals surface area contributed by atoms with Crippen molar-refractivity contribution in [3.63, 3.8) is 0 Å². The normalized spacial score (nSPS) is 25.1. The topological polar surface area (TPSA) is 37.0 Å². The maximum absolute atomic E-state index is 4.32. The molecule has 1 aromatic carbocycles. The molecule has 0 amide bonds. The summed E-state index contributed by atoms with van der Waals surface area (Å²) in [6.07, 6.45) is 5.89. The molecule has 2 aliphatic rings. The maximum atomic E-state index is 4.32. The zero-order chi connectivity index (χ0) is 14.8. The van der Waals surface area contributed by atoms with Gasteiger partial charge in [0.15, 0.2) is 0 Å². The zero-order valence-corrected chi connectivity index (χ0v) is 13.6. The lowest BCUT2D eigenvalue weighted by atomic mass is 10.1. The van der Waals surface area contributed by atoms with E-state index in [2.05, 4.69) is 45.9 Å². The number of benzene rings is 1. The van der Waals surface area contributed by atoms with E-state index in [1.807, 2.05) is 11.6 Å². The number of hydrogen-bond acceptors (Lipinski definition) is 4. The SMILES string of the molecule is c1ccc([C@H]2CC2NCC2(CNCc3nccs3)CC2)cc1. The Morgan fingerprint density at radius 3 is 2.77 bits per heavy atom. The third kappa shape index (κ3) is 3.40. The van der Waals surface area contributed by atoms with Crippen molar-refractivity contribution in [2.45, 2.75) is 37.8 Å². The first-order chi connectivity index (χ1) is 10.8. The molecule has 0 radical (unpaired) electrons. The van der Waals surface area contributed by atoms with E-state index in [-0.39, 0.29) is 0 Å². The molecule has 4 heteroatoms. The fraction of sp³-hybridized carbons (Fsp3) is 0.500. The molecule has 1 aromatic heterocycles. The summed E-state index contributed by atoms with van der Waals surface area (Å²) in [5.41, 5.74) is 1.99. The summed E-state index contributed by atoms with van der Waals surface area (Å²) in [6, 6.07) is 11.6. The third-order valence-corrected chi connectivity index (χ3v) is 5.75. The van der Waals surface area contributed by atoms with Gasteiger partial charge in [-0.3, -0.25) is 0 Å². The Hall–Kier alpha value is -1.23. The van der Waals surface area contributed by atoms with Gasteiger partial charge in [-0.1, -0.05) is 30.3 Å². The summed E-state index contributed by atoms with van der Waals surface area (Å²) in [4.78, 5) is 4.32. The highest BCUT2D eigenvalue weighted by molar-refractivity contribution is 7.09. The number of thiazole rings is 1. The van der Waals surface area contributed by atoms with Gasteiger partial charge < -0.3 is 10.6 Å². The molecule has 4 rings (SSSR count). The Balaban J connectivity index is 1.20. The lowest BCUT2D eigenvalue weighted by Crippen LogP contribution is -2.34. The predicted octanol–water partition coefficient (Wildman–Crippen LogP) is 3.16. The Kier molecular flexibility index (Phi) is 3.99. The molecule has 2 N–H and O–H groups in total. The van der Waals surface area contributed by atoms with Gasteiger partial charge in [0.25, 0.3) is 0 Å². The minimum Gasteiger partial charge on any atom is -0.313 e. The smallest absolute Gasteiger partial charge is 0.106 e. The van der Waals surface area contributed by atoms with Crippen molar-refractivity contribution in [2.24, 2.45) is 5.41 Å². The van der Waals surface area contributed by atoms with E-state index >= 15 is 0 Å². The van der Waals surface area contributed by atoms with Gasteiger partial charge >= 0.3 is 0 Å². The quantitative estimate of drug-likeness (QED) is 0.786. The maximum Gasteiger partial charge on any atom is 0.106 e. The Morgan fingerprint density at radius 1 is 1.18 bits per heavy atom. The molecule has 2 aliphatic carbocycles. The highest BCUT2D eigenvalue weighted by Gasteiger charge is 2.45. The monoisotopic (exact) mass is 313 g/mol. The number of aromatic nitrogens is 1. The van der Waals surface area contributed by atoms with Crippen molar-refractivity contribution >= 4 is 11.3 Å². The van der Waals surface area contributed by atoms with Crippen LogP contribution in [-0.4, -0.2) is 24.1 Å². The molecule has 2 saturated carbocycles. The van der Waals surface area contributed by atoms with Crippen LogP contribution in [0.5, 0.6) is 0 Å². The van der Waals surface area contributed by atoms with Crippen LogP contribution in [0.2, 0.25) is 0 Å². The molecule has 0 bridgehead atoms.